The molecule has 2 atom stereocenters. The zero-order valence-electron chi connectivity index (χ0n) is 28.0. The van der Waals surface area contributed by atoms with Crippen molar-refractivity contribution in [3.05, 3.63) is 98.2 Å². The third-order valence-corrected chi connectivity index (χ3v) is 10.2. The molecule has 256 valence electrons. The molecule has 7 rings (SSSR count). The van der Waals surface area contributed by atoms with Crippen LogP contribution in [0.5, 0.6) is 11.5 Å². The third-order valence-electron chi connectivity index (χ3n) is 7.99. The van der Waals surface area contributed by atoms with Gasteiger partial charge in [0.05, 0.1) is 90.3 Å². The second-order valence-electron chi connectivity index (χ2n) is 11.6. The molecule has 1 aliphatic rings. The second kappa shape index (κ2) is 14.9. The van der Waals surface area contributed by atoms with E-state index in [0.29, 0.717) is 36.2 Å². The Morgan fingerprint density at radius 2 is 1.49 bits per heavy atom. The van der Waals surface area contributed by atoms with E-state index in [1.54, 1.807) is 25.8 Å². The molecular weight excluding hydrogens is 663 g/mol. The van der Waals surface area contributed by atoms with Gasteiger partial charge in [-0.25, -0.2) is 9.97 Å². The van der Waals surface area contributed by atoms with Gasteiger partial charge in [-0.2, -0.15) is 10.2 Å². The van der Waals surface area contributed by atoms with Gasteiger partial charge >= 0.3 is 0 Å². The predicted molar refractivity (Wildman–Crippen MR) is 190 cm³/mol. The maximum atomic E-state index is 10.0. The quantitative estimate of drug-likeness (QED) is 0.160. The average molecular weight is 702 g/mol. The first-order chi connectivity index (χ1) is 23.6. The first-order valence-electron chi connectivity index (χ1n) is 15.7. The largest absolute Gasteiger partial charge is 0.497 e. The van der Waals surface area contributed by atoms with Gasteiger partial charge in [0, 0.05) is 23.5 Å². The minimum absolute atomic E-state index is 0.0148. The molecule has 0 bridgehead atoms. The summed E-state index contributed by atoms with van der Waals surface area (Å²) in [6, 6.07) is 15.7. The minimum atomic E-state index is -0.613. The summed E-state index contributed by atoms with van der Waals surface area (Å²) in [4.78, 5) is 10.9. The third kappa shape index (κ3) is 7.68. The Bertz CT molecular complexity index is 2010. The number of rotatable bonds is 9. The number of aliphatic hydroxyl groups is 2. The molecule has 49 heavy (non-hydrogen) atoms. The molecule has 0 amide bonds. The summed E-state index contributed by atoms with van der Waals surface area (Å²) < 4.78 is 20.0. The van der Waals surface area contributed by atoms with Gasteiger partial charge in [0.1, 0.15) is 11.5 Å². The average Bonchev–Trinajstić information content (AvgIpc) is 3.88. The van der Waals surface area contributed by atoms with E-state index in [4.69, 9.17) is 19.9 Å². The second-order valence-corrected chi connectivity index (χ2v) is 13.9. The zero-order valence-corrected chi connectivity index (χ0v) is 29.6. The normalized spacial score (nSPS) is 14.3. The van der Waals surface area contributed by atoms with Crippen molar-refractivity contribution in [2.45, 2.75) is 59.3 Å². The molecule has 1 aliphatic heterocycles. The summed E-state index contributed by atoms with van der Waals surface area (Å²) >= 11 is 2.94. The highest BCUT2D eigenvalue weighted by molar-refractivity contribution is 7.15. The van der Waals surface area contributed by atoms with Crippen LogP contribution in [0, 0.1) is 6.92 Å². The summed E-state index contributed by atoms with van der Waals surface area (Å²) in [5.74, 6) is 1.65. The maximum Gasteiger partial charge on any atom is 0.180 e. The molecule has 4 aromatic heterocycles. The number of nitrogens with zero attached hydrogens (tertiary/aromatic N) is 6. The van der Waals surface area contributed by atoms with Crippen LogP contribution in [0.25, 0.3) is 22.5 Å². The van der Waals surface area contributed by atoms with Gasteiger partial charge in [-0.05, 0) is 56.2 Å². The number of hydrogen-bond donors (Lipinski definition) is 3. The van der Waals surface area contributed by atoms with Gasteiger partial charge in [-0.15, -0.1) is 11.3 Å². The fourth-order valence-corrected chi connectivity index (χ4v) is 7.28. The number of nitrogen functional groups attached to an aromatic ring is 1. The number of aliphatic hydroxyl groups excluding tert-OH is 2. The first kappa shape index (κ1) is 34.3. The number of hydrogen-bond acceptors (Lipinski definition) is 12. The number of thiazole rings is 2. The van der Waals surface area contributed by atoms with Gasteiger partial charge in [0.15, 0.2) is 5.13 Å². The summed E-state index contributed by atoms with van der Waals surface area (Å²) in [5, 5.41) is 30.3. The van der Waals surface area contributed by atoms with E-state index in [9.17, 15) is 10.2 Å². The Morgan fingerprint density at radius 3 is 2.06 bits per heavy atom. The number of aryl methyl sites for hydroxylation is 1. The number of ether oxygens (including phenoxy) is 3. The van der Waals surface area contributed by atoms with Crippen LogP contribution in [0.1, 0.15) is 63.3 Å². The summed E-state index contributed by atoms with van der Waals surface area (Å²) in [6.45, 7) is 7.20. The van der Waals surface area contributed by atoms with Crippen LogP contribution in [0.4, 0.5) is 5.13 Å². The van der Waals surface area contributed by atoms with Crippen molar-refractivity contribution >= 4 is 27.8 Å². The molecule has 2 unspecified atom stereocenters. The standard InChI is InChI=1S/C18H21N3O3S.C17H18N4O2S/c1-11(23)18-17(19-12(2)25-18)15-9-21(20-16(15)10-22)8-13-4-6-14(24-3)7-5-13;1-10-16-15(19-17(18)24-16)13-8-21(20-14(13)9-23-10)7-11-3-5-12(22-2)6-4-11/h4-7,9,11,22-23H,8,10H2,1-3H3;3-6,8,10H,7,9H2,1-2H3,(H2,18,19). The van der Waals surface area contributed by atoms with E-state index >= 15 is 0 Å². The molecule has 0 aliphatic carbocycles. The van der Waals surface area contributed by atoms with Gasteiger partial charge in [-0.3, -0.25) is 9.36 Å². The fourth-order valence-electron chi connectivity index (χ4n) is 5.56. The minimum Gasteiger partial charge on any atom is -0.497 e. The van der Waals surface area contributed by atoms with Crippen LogP contribution in [0.15, 0.2) is 60.9 Å². The molecule has 4 N–H and O–H groups in total. The topological polar surface area (TPSA) is 156 Å². The van der Waals surface area contributed by atoms with Crippen molar-refractivity contribution in [2.24, 2.45) is 0 Å². The molecule has 12 nitrogen and oxygen atoms in total. The Kier molecular flexibility index (Phi) is 10.4. The molecule has 0 saturated carbocycles. The van der Waals surface area contributed by atoms with Gasteiger partial charge in [0.2, 0.25) is 0 Å². The summed E-state index contributed by atoms with van der Waals surface area (Å²) in [5.41, 5.74) is 13.0. The zero-order chi connectivity index (χ0) is 34.7. The molecule has 0 saturated heterocycles. The lowest BCUT2D eigenvalue weighted by Gasteiger charge is -2.08. The van der Waals surface area contributed by atoms with E-state index in [1.165, 1.54) is 22.7 Å². The highest BCUT2D eigenvalue weighted by Crippen LogP contribution is 2.40. The molecule has 0 fully saturated rings. The van der Waals surface area contributed by atoms with Crippen LogP contribution < -0.4 is 15.2 Å². The van der Waals surface area contributed by atoms with Crippen molar-refractivity contribution in [1.29, 1.82) is 0 Å². The number of benzene rings is 2. The van der Waals surface area contributed by atoms with Crippen molar-refractivity contribution < 1.29 is 24.4 Å². The van der Waals surface area contributed by atoms with Gasteiger partial charge < -0.3 is 30.2 Å². The smallest absolute Gasteiger partial charge is 0.180 e. The molecule has 0 spiro atoms. The van der Waals surface area contributed by atoms with Crippen LogP contribution in [-0.4, -0.2) is 54.0 Å². The Hall–Kier alpha value is -4.60. The molecule has 5 heterocycles. The Labute approximate surface area is 292 Å². The lowest BCUT2D eigenvalue weighted by atomic mass is 10.1. The lowest BCUT2D eigenvalue weighted by Crippen LogP contribution is -2.03. The molecule has 14 heteroatoms. The SMILES string of the molecule is COc1ccc(Cn2cc(-c3nc(C)sc3C(C)O)c(CO)n2)cc1.COc1ccc(Cn2cc3c(n2)COC(C)c2sc(N)nc2-3)cc1. The Morgan fingerprint density at radius 1 is 0.898 bits per heavy atom. The first-order valence-corrected chi connectivity index (χ1v) is 17.3. The monoisotopic (exact) mass is 701 g/mol. The van der Waals surface area contributed by atoms with E-state index < -0.39 is 6.10 Å². The number of methoxy groups -OCH3 is 2. The molecule has 0 radical (unpaired) electrons. The molecule has 6 aromatic rings. The predicted octanol–water partition coefficient (Wildman–Crippen LogP) is 6.15. The number of nitrogens with two attached hydrogens (primary N) is 1. The van der Waals surface area contributed by atoms with Crippen LogP contribution >= 0.6 is 22.7 Å². The van der Waals surface area contributed by atoms with Crippen molar-refractivity contribution in [3.8, 4) is 34.0 Å². The highest BCUT2D eigenvalue weighted by Gasteiger charge is 2.26. The van der Waals surface area contributed by atoms with E-state index in [0.717, 1.165) is 59.9 Å². The van der Waals surface area contributed by atoms with E-state index in [2.05, 4.69) is 20.2 Å². The van der Waals surface area contributed by atoms with Crippen LogP contribution in [-0.2, 0) is 31.0 Å². The number of aromatic nitrogens is 6. The highest BCUT2D eigenvalue weighted by atomic mass is 32.1. The van der Waals surface area contributed by atoms with Crippen LogP contribution in [0.2, 0.25) is 0 Å². The van der Waals surface area contributed by atoms with Gasteiger partial charge in [-0.1, -0.05) is 35.6 Å². The molecular formula is C35H39N7O5S2. The number of anilines is 1. The van der Waals surface area contributed by atoms with Gasteiger partial charge in [0.25, 0.3) is 0 Å². The lowest BCUT2D eigenvalue weighted by molar-refractivity contribution is 0.0548. The van der Waals surface area contributed by atoms with Crippen molar-refractivity contribution in [1.82, 2.24) is 29.5 Å². The Balaban J connectivity index is 0.000000170. The van der Waals surface area contributed by atoms with Crippen molar-refractivity contribution in [3.63, 3.8) is 0 Å². The fraction of sp³-hybridized carbons (Fsp3) is 0.314. The summed E-state index contributed by atoms with van der Waals surface area (Å²) in [7, 11) is 3.30. The van der Waals surface area contributed by atoms with E-state index in [1.807, 2.05) is 79.5 Å². The van der Waals surface area contributed by atoms with E-state index in [-0.39, 0.29) is 12.7 Å². The van der Waals surface area contributed by atoms with Crippen LogP contribution in [0.3, 0.4) is 0 Å². The summed E-state index contributed by atoms with van der Waals surface area (Å²) in [6.07, 6.45) is 3.27. The number of fused-ring (bicyclic) bond motifs is 3. The molecule has 2 aromatic carbocycles. The maximum absolute atomic E-state index is 10.0. The van der Waals surface area contributed by atoms with Crippen molar-refractivity contribution in [2.75, 3.05) is 20.0 Å².